The van der Waals surface area contributed by atoms with Crippen LogP contribution in [-0.2, 0) is 37.9 Å². The Morgan fingerprint density at radius 1 is 0.871 bits per heavy atom. The summed E-state index contributed by atoms with van der Waals surface area (Å²) in [5, 5.41) is 9.60. The number of hydrogen-bond donors (Lipinski definition) is 0. The average molecular weight is 890 g/mol. The Kier molecular flexibility index (Phi) is 13.2. The number of halogens is 2. The third-order valence-corrected chi connectivity index (χ3v) is 12.3. The van der Waals surface area contributed by atoms with E-state index in [0.29, 0.717) is 22.2 Å². The van der Waals surface area contributed by atoms with Gasteiger partial charge in [0.1, 0.15) is 50.1 Å². The molecule has 3 aliphatic rings. The SMILES string of the molecule is CN1CCN(CC(=O)OC(Cn2ncn(-c3ccc(N4CCN(c5ccc(OCC6COC(Cn7cncn7)(c7ccc(Cl)cc7Cl)O6)cc5)CC4)cc3)c2=O)C(C)(C)C)CC1. The first kappa shape index (κ1) is 43.7. The smallest absolute Gasteiger partial charge is 0.350 e. The highest BCUT2D eigenvalue weighted by molar-refractivity contribution is 6.35. The van der Waals surface area contributed by atoms with E-state index in [1.165, 1.54) is 21.9 Å². The van der Waals surface area contributed by atoms with E-state index in [0.717, 1.165) is 75.2 Å². The van der Waals surface area contributed by atoms with Crippen LogP contribution in [0.2, 0.25) is 10.0 Å². The summed E-state index contributed by atoms with van der Waals surface area (Å²) in [7, 11) is 2.08. The van der Waals surface area contributed by atoms with Crippen molar-refractivity contribution >= 4 is 40.5 Å². The predicted molar refractivity (Wildman–Crippen MR) is 236 cm³/mol. The van der Waals surface area contributed by atoms with Crippen LogP contribution < -0.4 is 20.2 Å². The van der Waals surface area contributed by atoms with Crippen LogP contribution in [0, 0.1) is 5.41 Å². The second-order valence-electron chi connectivity index (χ2n) is 17.2. The molecule has 16 nitrogen and oxygen atoms in total. The van der Waals surface area contributed by atoms with Crippen LogP contribution in [-0.4, -0.2) is 136 Å². The lowest BCUT2D eigenvalue weighted by atomic mass is 9.89. The van der Waals surface area contributed by atoms with Crippen LogP contribution in [0.1, 0.15) is 26.3 Å². The number of esters is 1. The fourth-order valence-corrected chi connectivity index (χ4v) is 8.49. The minimum Gasteiger partial charge on any atom is -0.491 e. The zero-order valence-corrected chi connectivity index (χ0v) is 37.1. The molecular weight excluding hydrogens is 835 g/mol. The quantitative estimate of drug-likeness (QED) is 0.141. The monoisotopic (exact) mass is 888 g/mol. The summed E-state index contributed by atoms with van der Waals surface area (Å²) in [5.41, 5.74) is 2.90. The summed E-state index contributed by atoms with van der Waals surface area (Å²) in [4.78, 5) is 39.6. The van der Waals surface area contributed by atoms with E-state index in [9.17, 15) is 9.59 Å². The summed E-state index contributed by atoms with van der Waals surface area (Å²) in [6.45, 7) is 14.1. The van der Waals surface area contributed by atoms with Gasteiger partial charge in [-0.05, 0) is 67.7 Å². The Morgan fingerprint density at radius 2 is 1.53 bits per heavy atom. The highest BCUT2D eigenvalue weighted by atomic mass is 35.5. The molecule has 0 aliphatic carbocycles. The molecule has 0 bridgehead atoms. The Morgan fingerprint density at radius 3 is 2.16 bits per heavy atom. The first-order chi connectivity index (χ1) is 29.8. The maximum atomic E-state index is 13.5. The molecule has 0 N–H and O–H groups in total. The molecular formula is C44H54Cl2N10O6. The lowest BCUT2D eigenvalue weighted by Gasteiger charge is -2.37. The average Bonchev–Trinajstić information content (AvgIpc) is 4.02. The minimum atomic E-state index is -1.18. The first-order valence-electron chi connectivity index (χ1n) is 21.0. The number of rotatable bonds is 14. The summed E-state index contributed by atoms with van der Waals surface area (Å²) in [5.74, 6) is -0.731. The van der Waals surface area contributed by atoms with Gasteiger partial charge >= 0.3 is 11.7 Å². The van der Waals surface area contributed by atoms with Gasteiger partial charge in [-0.1, -0.05) is 50.0 Å². The fourth-order valence-electron chi connectivity index (χ4n) is 7.94. The predicted octanol–water partition coefficient (Wildman–Crippen LogP) is 4.81. The molecule has 0 spiro atoms. The molecule has 2 aromatic heterocycles. The van der Waals surface area contributed by atoms with Crippen molar-refractivity contribution in [2.24, 2.45) is 5.41 Å². The van der Waals surface area contributed by atoms with Gasteiger partial charge < -0.3 is 33.6 Å². The number of anilines is 2. The molecule has 3 aromatic carbocycles. The zero-order chi connectivity index (χ0) is 43.4. The van der Waals surface area contributed by atoms with E-state index in [1.54, 1.807) is 23.1 Å². The number of piperazine rings is 2. The molecule has 3 saturated heterocycles. The van der Waals surface area contributed by atoms with Crippen molar-refractivity contribution in [1.82, 2.24) is 38.9 Å². The van der Waals surface area contributed by atoms with E-state index in [-0.39, 0.29) is 44.0 Å². The number of benzene rings is 3. The Labute approximate surface area is 371 Å². The highest BCUT2D eigenvalue weighted by Crippen LogP contribution is 2.40. The van der Waals surface area contributed by atoms with Crippen molar-refractivity contribution in [2.45, 2.75) is 51.9 Å². The third-order valence-electron chi connectivity index (χ3n) is 11.7. The van der Waals surface area contributed by atoms with Crippen LogP contribution in [0.25, 0.3) is 5.69 Å². The zero-order valence-electron chi connectivity index (χ0n) is 35.6. The molecule has 5 heterocycles. The molecule has 3 atom stereocenters. The second kappa shape index (κ2) is 18.8. The van der Waals surface area contributed by atoms with Crippen molar-refractivity contribution in [2.75, 3.05) is 89.0 Å². The molecule has 0 saturated carbocycles. The van der Waals surface area contributed by atoms with E-state index < -0.39 is 17.3 Å². The molecule has 0 amide bonds. The molecule has 62 heavy (non-hydrogen) atoms. The van der Waals surface area contributed by atoms with Crippen molar-refractivity contribution in [1.29, 1.82) is 0 Å². The molecule has 3 fully saturated rings. The number of carbonyl (C=O) groups is 1. The first-order valence-corrected chi connectivity index (χ1v) is 21.8. The summed E-state index contributed by atoms with van der Waals surface area (Å²) in [6.07, 6.45) is 3.72. The van der Waals surface area contributed by atoms with Crippen LogP contribution in [0.4, 0.5) is 11.4 Å². The lowest BCUT2D eigenvalue weighted by Crippen LogP contribution is -2.47. The summed E-state index contributed by atoms with van der Waals surface area (Å²) < 4.78 is 29.5. The van der Waals surface area contributed by atoms with Crippen molar-refractivity contribution in [3.05, 3.63) is 112 Å². The number of nitrogens with zero attached hydrogens (tertiary/aromatic N) is 10. The summed E-state index contributed by atoms with van der Waals surface area (Å²) in [6, 6.07) is 21.3. The lowest BCUT2D eigenvalue weighted by molar-refractivity contribution is -0.190. The second-order valence-corrected chi connectivity index (χ2v) is 18.0. The molecule has 330 valence electrons. The van der Waals surface area contributed by atoms with Gasteiger partial charge in [-0.3, -0.25) is 9.69 Å². The molecule has 18 heteroatoms. The Balaban J connectivity index is 0.817. The Hall–Kier alpha value is -4.97. The number of hydrogen-bond acceptors (Lipinski definition) is 13. The van der Waals surface area contributed by atoms with E-state index in [4.69, 9.17) is 42.1 Å². The van der Waals surface area contributed by atoms with E-state index in [2.05, 4.69) is 54.0 Å². The number of carbonyl (C=O) groups excluding carboxylic acids is 1. The fraction of sp³-hybridized carbons (Fsp3) is 0.477. The number of likely N-dealkylation sites (N-methyl/N-ethyl adjacent to an activating group) is 1. The molecule has 0 radical (unpaired) electrons. The van der Waals surface area contributed by atoms with Crippen LogP contribution in [0.5, 0.6) is 5.75 Å². The number of ether oxygens (including phenoxy) is 4. The van der Waals surface area contributed by atoms with E-state index in [1.807, 2.05) is 63.2 Å². The van der Waals surface area contributed by atoms with Gasteiger partial charge in [0.25, 0.3) is 0 Å². The summed E-state index contributed by atoms with van der Waals surface area (Å²) >= 11 is 12.8. The topological polar surface area (TPSA) is 137 Å². The van der Waals surface area contributed by atoms with Crippen molar-refractivity contribution in [3.63, 3.8) is 0 Å². The Bertz CT molecular complexity index is 2320. The van der Waals surface area contributed by atoms with Crippen molar-refractivity contribution in [3.8, 4) is 11.4 Å². The van der Waals surface area contributed by atoms with Crippen molar-refractivity contribution < 1.29 is 23.7 Å². The van der Waals surface area contributed by atoms with Gasteiger partial charge in [0, 0.05) is 79.7 Å². The van der Waals surface area contributed by atoms with Crippen LogP contribution >= 0.6 is 23.2 Å². The van der Waals surface area contributed by atoms with Crippen LogP contribution in [0.3, 0.4) is 0 Å². The number of aromatic nitrogens is 6. The van der Waals surface area contributed by atoms with E-state index >= 15 is 0 Å². The molecule has 3 aliphatic heterocycles. The maximum absolute atomic E-state index is 13.5. The normalized spacial score (nSPS) is 20.7. The van der Waals surface area contributed by atoms with Gasteiger partial charge in [0.2, 0.25) is 5.79 Å². The standard InChI is InChI=1S/C44H54Cl2N10O6/c1-43(2,3)40(61-41(57)25-51-17-15-50(4)16-18-51)24-56-42(58)55(31-49-56)35-8-6-33(7-9-35)52-19-21-53(22-20-52)34-10-12-36(13-11-34)59-26-37-27-60-44(62-37,28-54-30-47-29-48-54)38-14-5-32(45)23-39(38)46/h5-14,23,29-31,37,40H,15-22,24-28H2,1-4H3. The van der Waals surface area contributed by atoms with Gasteiger partial charge in [-0.2, -0.15) is 10.2 Å². The molecule has 5 aromatic rings. The maximum Gasteiger partial charge on any atom is 0.350 e. The minimum absolute atomic E-state index is 0.168. The molecule has 8 rings (SSSR count). The van der Waals surface area contributed by atoms with Gasteiger partial charge in [-0.25, -0.2) is 23.7 Å². The highest BCUT2D eigenvalue weighted by Gasteiger charge is 2.46. The largest absolute Gasteiger partial charge is 0.491 e. The van der Waals surface area contributed by atoms with Crippen LogP contribution in [0.15, 0.2) is 90.5 Å². The third kappa shape index (κ3) is 10.3. The molecule has 3 unspecified atom stereocenters. The van der Waals surface area contributed by atoms with Gasteiger partial charge in [0.05, 0.1) is 30.4 Å². The van der Waals surface area contributed by atoms with Gasteiger partial charge in [0.15, 0.2) is 0 Å². The van der Waals surface area contributed by atoms with Gasteiger partial charge in [-0.15, -0.1) is 0 Å².